The lowest BCUT2D eigenvalue weighted by Gasteiger charge is -2.14. The molecule has 156 valence electrons. The Bertz CT molecular complexity index is 863. The van der Waals surface area contributed by atoms with E-state index >= 15 is 0 Å². The minimum atomic E-state index is -4.64. The average molecular weight is 419 g/mol. The summed E-state index contributed by atoms with van der Waals surface area (Å²) in [5.74, 6) is -0.829. The number of urea groups is 1. The molecule has 0 aliphatic rings. The number of amides is 3. The van der Waals surface area contributed by atoms with Gasteiger partial charge in [-0.25, -0.2) is 4.79 Å². The Balaban J connectivity index is 1.93. The molecule has 0 atom stereocenters. The van der Waals surface area contributed by atoms with Crippen molar-refractivity contribution in [2.45, 2.75) is 18.8 Å². The number of carbonyl (C=O) groups excluding carboxylic acids is 2. The van der Waals surface area contributed by atoms with Crippen molar-refractivity contribution in [2.24, 2.45) is 0 Å². The summed E-state index contributed by atoms with van der Waals surface area (Å²) in [7, 11) is 0. The molecule has 0 saturated carbocycles. The Kier molecular flexibility index (Phi) is 6.72. The van der Waals surface area contributed by atoms with Crippen molar-refractivity contribution in [3.63, 3.8) is 0 Å². The minimum absolute atomic E-state index is 0.214. The van der Waals surface area contributed by atoms with Crippen LogP contribution < -0.4 is 16.0 Å². The van der Waals surface area contributed by atoms with E-state index in [0.717, 1.165) is 12.1 Å². The van der Waals surface area contributed by atoms with Crippen LogP contribution in [-0.2, 0) is 17.4 Å². The van der Waals surface area contributed by atoms with Crippen LogP contribution in [0.4, 0.5) is 42.5 Å². The fourth-order valence-electron chi connectivity index (χ4n) is 2.28. The summed E-state index contributed by atoms with van der Waals surface area (Å²) >= 11 is 0. The van der Waals surface area contributed by atoms with Gasteiger partial charge >= 0.3 is 18.4 Å². The number of alkyl halides is 6. The highest BCUT2D eigenvalue weighted by molar-refractivity contribution is 6.00. The molecule has 0 radical (unpaired) electrons. The van der Waals surface area contributed by atoms with E-state index in [9.17, 15) is 35.9 Å². The van der Waals surface area contributed by atoms with E-state index in [-0.39, 0.29) is 12.1 Å². The van der Waals surface area contributed by atoms with Crippen molar-refractivity contribution in [2.75, 3.05) is 17.2 Å². The van der Waals surface area contributed by atoms with Gasteiger partial charge in [0.05, 0.1) is 17.7 Å². The molecule has 11 heteroatoms. The van der Waals surface area contributed by atoms with Crippen LogP contribution in [0.2, 0.25) is 0 Å². The molecule has 0 fully saturated rings. The highest BCUT2D eigenvalue weighted by Gasteiger charge is 2.33. The van der Waals surface area contributed by atoms with E-state index in [0.29, 0.717) is 5.56 Å². The highest BCUT2D eigenvalue weighted by Crippen LogP contribution is 2.34. The number of nitrogens with one attached hydrogen (secondary N) is 3. The van der Waals surface area contributed by atoms with E-state index in [1.54, 1.807) is 5.32 Å². The van der Waals surface area contributed by atoms with Crippen molar-refractivity contribution < 1.29 is 35.9 Å². The summed E-state index contributed by atoms with van der Waals surface area (Å²) in [5.41, 5.74) is -0.824. The van der Waals surface area contributed by atoms with Crippen LogP contribution in [0.3, 0.4) is 0 Å². The van der Waals surface area contributed by atoms with Crippen molar-refractivity contribution in [1.82, 2.24) is 5.32 Å². The largest absolute Gasteiger partial charge is 0.418 e. The summed E-state index contributed by atoms with van der Waals surface area (Å²) in [6, 6.07) is 9.05. The molecule has 2 aromatic carbocycles. The van der Waals surface area contributed by atoms with Gasteiger partial charge in [-0.2, -0.15) is 26.3 Å². The zero-order valence-corrected chi connectivity index (χ0v) is 14.6. The topological polar surface area (TPSA) is 70.2 Å². The molecule has 0 saturated heterocycles. The second kappa shape index (κ2) is 8.84. The van der Waals surface area contributed by atoms with Crippen LogP contribution in [-0.4, -0.2) is 24.7 Å². The van der Waals surface area contributed by atoms with Crippen LogP contribution in [0.5, 0.6) is 0 Å². The van der Waals surface area contributed by atoms with Crippen molar-refractivity contribution in [3.05, 3.63) is 59.7 Å². The molecule has 3 N–H and O–H groups in total. The maximum Gasteiger partial charge on any atom is 0.418 e. The van der Waals surface area contributed by atoms with Crippen LogP contribution in [0.25, 0.3) is 0 Å². The van der Waals surface area contributed by atoms with E-state index in [1.165, 1.54) is 36.4 Å². The third-order valence-corrected chi connectivity index (χ3v) is 3.54. The lowest BCUT2D eigenvalue weighted by molar-refractivity contribution is -0.138. The molecule has 29 heavy (non-hydrogen) atoms. The van der Waals surface area contributed by atoms with Crippen molar-refractivity contribution in [1.29, 1.82) is 0 Å². The first-order valence-corrected chi connectivity index (χ1v) is 8.11. The molecule has 3 amide bonds. The van der Waals surface area contributed by atoms with Gasteiger partial charge in [0.2, 0.25) is 5.91 Å². The number of rotatable bonds is 5. The van der Waals surface area contributed by atoms with Crippen LogP contribution in [0.1, 0.15) is 11.1 Å². The predicted molar refractivity (Wildman–Crippen MR) is 93.3 cm³/mol. The summed E-state index contributed by atoms with van der Waals surface area (Å²) < 4.78 is 74.9. The van der Waals surface area contributed by atoms with Crippen LogP contribution in [0, 0.1) is 0 Å². The summed E-state index contributed by atoms with van der Waals surface area (Å²) in [5, 5.41) is 6.16. The van der Waals surface area contributed by atoms with Gasteiger partial charge in [-0.15, -0.1) is 0 Å². The Labute approximate surface area is 161 Å². The first-order chi connectivity index (χ1) is 13.4. The minimum Gasteiger partial charge on any atom is -0.347 e. The zero-order valence-electron chi connectivity index (χ0n) is 14.6. The zero-order chi connectivity index (χ0) is 21.7. The summed E-state index contributed by atoms with van der Waals surface area (Å²) in [6.07, 6.45) is -9.46. The smallest absolute Gasteiger partial charge is 0.347 e. The Morgan fingerprint density at radius 1 is 0.828 bits per heavy atom. The van der Waals surface area contributed by atoms with Gasteiger partial charge in [-0.1, -0.05) is 24.3 Å². The Morgan fingerprint density at radius 2 is 1.45 bits per heavy atom. The molecule has 0 spiro atoms. The number of hydrogen-bond acceptors (Lipinski definition) is 2. The molecule has 0 aromatic heterocycles. The maximum atomic E-state index is 12.9. The highest BCUT2D eigenvalue weighted by atomic mass is 19.4. The van der Waals surface area contributed by atoms with E-state index < -0.39 is 42.1 Å². The number of halogens is 6. The van der Waals surface area contributed by atoms with Gasteiger partial charge in [0.1, 0.15) is 6.54 Å². The van der Waals surface area contributed by atoms with Crippen molar-refractivity contribution in [3.8, 4) is 0 Å². The van der Waals surface area contributed by atoms with Gasteiger partial charge in [0, 0.05) is 5.69 Å². The van der Waals surface area contributed by atoms with Gasteiger partial charge in [-0.3, -0.25) is 4.79 Å². The Hall–Kier alpha value is -3.24. The second-order valence-corrected chi connectivity index (χ2v) is 5.89. The molecule has 0 heterocycles. The normalized spacial score (nSPS) is 11.7. The number of benzene rings is 2. The van der Waals surface area contributed by atoms with Gasteiger partial charge in [0.25, 0.3) is 0 Å². The van der Waals surface area contributed by atoms with E-state index in [4.69, 9.17) is 0 Å². The van der Waals surface area contributed by atoms with E-state index in [2.05, 4.69) is 10.6 Å². The lowest BCUT2D eigenvalue weighted by atomic mass is 10.1. The second-order valence-electron chi connectivity index (χ2n) is 5.89. The van der Waals surface area contributed by atoms with Gasteiger partial charge in [0.15, 0.2) is 0 Å². The third-order valence-electron chi connectivity index (χ3n) is 3.54. The SMILES string of the molecule is O=C(Cc1ccc(NC(=O)Nc2ccccc2C(F)(F)F)cc1)NCC(F)(F)F. The fraction of sp³-hybridized carbons (Fsp3) is 0.222. The summed E-state index contributed by atoms with van der Waals surface area (Å²) in [4.78, 5) is 23.4. The first kappa shape index (κ1) is 22.1. The molecular formula is C18H15F6N3O2. The molecule has 5 nitrogen and oxygen atoms in total. The fourth-order valence-corrected chi connectivity index (χ4v) is 2.28. The van der Waals surface area contributed by atoms with E-state index in [1.807, 2.05) is 0 Å². The quantitative estimate of drug-likeness (QED) is 0.622. The number of anilines is 2. The summed E-state index contributed by atoms with van der Waals surface area (Å²) in [6.45, 7) is -1.44. The number of hydrogen-bond donors (Lipinski definition) is 3. The predicted octanol–water partition coefficient (Wildman–Crippen LogP) is 4.57. The number of para-hydroxylation sites is 1. The average Bonchev–Trinajstić information content (AvgIpc) is 2.60. The monoisotopic (exact) mass is 419 g/mol. The standard InChI is InChI=1S/C18H15F6N3O2/c19-17(20,21)10-25-15(28)9-11-5-7-12(8-6-11)26-16(29)27-14-4-2-1-3-13(14)18(22,23)24/h1-8H,9-10H2,(H,25,28)(H2,26,27,29). The van der Waals surface area contributed by atoms with Gasteiger partial charge in [-0.05, 0) is 29.8 Å². The van der Waals surface area contributed by atoms with Gasteiger partial charge < -0.3 is 16.0 Å². The third kappa shape index (κ3) is 7.35. The Morgan fingerprint density at radius 3 is 2.03 bits per heavy atom. The number of carbonyl (C=O) groups is 2. The van der Waals surface area contributed by atoms with Crippen LogP contribution >= 0.6 is 0 Å². The molecule has 0 unspecified atom stereocenters. The molecule has 2 aromatic rings. The molecule has 0 bridgehead atoms. The van der Waals surface area contributed by atoms with Crippen LogP contribution in [0.15, 0.2) is 48.5 Å². The molecule has 0 aliphatic carbocycles. The lowest BCUT2D eigenvalue weighted by Crippen LogP contribution is -2.34. The maximum absolute atomic E-state index is 12.9. The molecular weight excluding hydrogens is 404 g/mol. The van der Waals surface area contributed by atoms with Crippen molar-refractivity contribution >= 4 is 23.3 Å². The molecule has 0 aliphatic heterocycles. The first-order valence-electron chi connectivity index (χ1n) is 8.11. The molecule has 2 rings (SSSR count).